The summed E-state index contributed by atoms with van der Waals surface area (Å²) < 4.78 is 2.03. The number of aromatic nitrogens is 2. The Bertz CT molecular complexity index is 720. The first-order valence-corrected chi connectivity index (χ1v) is 7.11. The highest BCUT2D eigenvalue weighted by atomic mass is 16.4. The Morgan fingerprint density at radius 2 is 2.33 bits per heavy atom. The van der Waals surface area contributed by atoms with E-state index in [0.717, 1.165) is 17.8 Å². The second-order valence-electron chi connectivity index (χ2n) is 5.27. The number of rotatable bonds is 4. The second-order valence-corrected chi connectivity index (χ2v) is 5.27. The van der Waals surface area contributed by atoms with Gasteiger partial charge in [0.05, 0.1) is 11.1 Å². The molecule has 1 amide bonds. The van der Waals surface area contributed by atoms with E-state index >= 15 is 0 Å². The first kappa shape index (κ1) is 13.6. The maximum atomic E-state index is 11.3. The molecule has 1 unspecified atom stereocenters. The van der Waals surface area contributed by atoms with Gasteiger partial charge in [-0.15, -0.1) is 0 Å². The van der Waals surface area contributed by atoms with Crippen LogP contribution in [0.3, 0.4) is 0 Å². The fourth-order valence-electron chi connectivity index (χ4n) is 2.88. The Labute approximate surface area is 121 Å². The minimum absolute atomic E-state index is 0.0775. The third kappa shape index (κ3) is 2.37. The normalized spacial score (nSPS) is 18.1. The van der Waals surface area contributed by atoms with Gasteiger partial charge in [0, 0.05) is 25.4 Å². The zero-order valence-electron chi connectivity index (χ0n) is 11.8. The predicted molar refractivity (Wildman–Crippen MR) is 77.2 cm³/mol. The van der Waals surface area contributed by atoms with Gasteiger partial charge < -0.3 is 15.0 Å². The molecule has 1 atom stereocenters. The van der Waals surface area contributed by atoms with Crippen molar-refractivity contribution >= 4 is 22.9 Å². The molecule has 1 aliphatic heterocycles. The quantitative estimate of drug-likeness (QED) is 0.894. The standard InChI is InChI=1S/C15H17N3O3/c1-2-12-17-14-10(15(20)21)4-3-5-11(14)18(12)8-9-6-7-13(19)16-9/h3-5,9H,2,6-8H2,1H3,(H,16,19)(H,20,21). The summed E-state index contributed by atoms with van der Waals surface area (Å²) in [5.41, 5.74) is 1.55. The van der Waals surface area contributed by atoms with Crippen LogP contribution in [0.2, 0.25) is 0 Å². The molecule has 0 spiro atoms. The minimum Gasteiger partial charge on any atom is -0.478 e. The number of hydrogen-bond donors (Lipinski definition) is 2. The molecule has 0 radical (unpaired) electrons. The summed E-state index contributed by atoms with van der Waals surface area (Å²) in [7, 11) is 0. The number of fused-ring (bicyclic) bond motifs is 1. The van der Waals surface area contributed by atoms with Crippen molar-refractivity contribution < 1.29 is 14.7 Å². The number of aromatic carboxylic acids is 1. The molecule has 1 saturated heterocycles. The number of aryl methyl sites for hydroxylation is 1. The molecule has 21 heavy (non-hydrogen) atoms. The Morgan fingerprint density at radius 1 is 1.52 bits per heavy atom. The first-order chi connectivity index (χ1) is 10.1. The fraction of sp³-hybridized carbons (Fsp3) is 0.400. The number of hydrogen-bond acceptors (Lipinski definition) is 3. The summed E-state index contributed by atoms with van der Waals surface area (Å²) in [5.74, 6) is -0.0457. The van der Waals surface area contributed by atoms with E-state index in [4.69, 9.17) is 0 Å². The van der Waals surface area contributed by atoms with Crippen molar-refractivity contribution in [3.63, 3.8) is 0 Å². The molecule has 110 valence electrons. The number of nitrogens with zero attached hydrogens (tertiary/aromatic N) is 2. The van der Waals surface area contributed by atoms with E-state index in [0.29, 0.717) is 24.9 Å². The minimum atomic E-state index is -0.970. The lowest BCUT2D eigenvalue weighted by molar-refractivity contribution is -0.119. The van der Waals surface area contributed by atoms with Gasteiger partial charge >= 0.3 is 5.97 Å². The molecule has 6 heteroatoms. The molecule has 1 fully saturated rings. The number of carbonyl (C=O) groups is 2. The van der Waals surface area contributed by atoms with Crippen molar-refractivity contribution in [3.8, 4) is 0 Å². The van der Waals surface area contributed by atoms with Crippen LogP contribution < -0.4 is 5.32 Å². The fourth-order valence-corrected chi connectivity index (χ4v) is 2.88. The van der Waals surface area contributed by atoms with Gasteiger partial charge in [-0.1, -0.05) is 13.0 Å². The van der Waals surface area contributed by atoms with Crippen molar-refractivity contribution in [3.05, 3.63) is 29.6 Å². The number of benzene rings is 1. The number of amides is 1. The predicted octanol–water partition coefficient (Wildman–Crippen LogP) is 1.58. The molecular weight excluding hydrogens is 270 g/mol. The first-order valence-electron chi connectivity index (χ1n) is 7.11. The van der Waals surface area contributed by atoms with Crippen LogP contribution in [0.15, 0.2) is 18.2 Å². The Balaban J connectivity index is 2.06. The topological polar surface area (TPSA) is 84.2 Å². The third-order valence-corrected chi connectivity index (χ3v) is 3.89. The van der Waals surface area contributed by atoms with Gasteiger partial charge in [-0.05, 0) is 18.6 Å². The summed E-state index contributed by atoms with van der Waals surface area (Å²) in [4.78, 5) is 27.1. The second kappa shape index (κ2) is 5.20. The van der Waals surface area contributed by atoms with Crippen LogP contribution in [0.5, 0.6) is 0 Å². The van der Waals surface area contributed by atoms with Gasteiger partial charge in [0.2, 0.25) is 5.91 Å². The Morgan fingerprint density at radius 3 is 2.95 bits per heavy atom. The highest BCUT2D eigenvalue weighted by Crippen LogP contribution is 2.22. The number of carboxylic acid groups (broad SMARTS) is 1. The van der Waals surface area contributed by atoms with E-state index in [1.54, 1.807) is 12.1 Å². The van der Waals surface area contributed by atoms with Gasteiger partial charge in [-0.25, -0.2) is 9.78 Å². The molecule has 0 aliphatic carbocycles. The van der Waals surface area contributed by atoms with Crippen LogP contribution in [-0.4, -0.2) is 32.6 Å². The molecule has 0 bridgehead atoms. The molecule has 2 heterocycles. The summed E-state index contributed by atoms with van der Waals surface area (Å²) in [6.07, 6.45) is 2.08. The summed E-state index contributed by atoms with van der Waals surface area (Å²) in [6.45, 7) is 2.62. The van der Waals surface area contributed by atoms with E-state index < -0.39 is 5.97 Å². The SMILES string of the molecule is CCc1nc2c(C(=O)O)cccc2n1CC1CCC(=O)N1. The molecular formula is C15H17N3O3. The van der Waals surface area contributed by atoms with Gasteiger partial charge in [0.15, 0.2) is 0 Å². The maximum Gasteiger partial charge on any atom is 0.337 e. The highest BCUT2D eigenvalue weighted by Gasteiger charge is 2.23. The molecule has 3 rings (SSSR count). The molecule has 6 nitrogen and oxygen atoms in total. The van der Waals surface area contributed by atoms with E-state index in [9.17, 15) is 14.7 Å². The third-order valence-electron chi connectivity index (χ3n) is 3.89. The monoisotopic (exact) mass is 287 g/mol. The summed E-state index contributed by atoms with van der Waals surface area (Å²) in [5, 5.41) is 12.2. The van der Waals surface area contributed by atoms with Gasteiger partial charge in [-0.2, -0.15) is 0 Å². The van der Waals surface area contributed by atoms with Gasteiger partial charge in [0.25, 0.3) is 0 Å². The van der Waals surface area contributed by atoms with Crippen molar-refractivity contribution in [1.82, 2.24) is 14.9 Å². The van der Waals surface area contributed by atoms with Crippen LogP contribution in [0.4, 0.5) is 0 Å². The van der Waals surface area contributed by atoms with Crippen molar-refractivity contribution in [2.24, 2.45) is 0 Å². The molecule has 2 aromatic rings. The lowest BCUT2D eigenvalue weighted by atomic mass is 10.2. The number of carbonyl (C=O) groups excluding carboxylic acids is 1. The number of carboxylic acids is 1. The Kier molecular flexibility index (Phi) is 3.37. The van der Waals surface area contributed by atoms with E-state index in [1.807, 2.05) is 17.6 Å². The molecule has 0 saturated carbocycles. The number of imidazole rings is 1. The number of nitrogens with one attached hydrogen (secondary N) is 1. The van der Waals surface area contributed by atoms with Crippen LogP contribution in [0.1, 0.15) is 35.9 Å². The molecule has 2 N–H and O–H groups in total. The maximum absolute atomic E-state index is 11.3. The zero-order valence-corrected chi connectivity index (χ0v) is 11.8. The van der Waals surface area contributed by atoms with Gasteiger partial charge in [-0.3, -0.25) is 4.79 Å². The molecule has 1 aliphatic rings. The highest BCUT2D eigenvalue weighted by molar-refractivity contribution is 6.01. The zero-order chi connectivity index (χ0) is 15.0. The van der Waals surface area contributed by atoms with Crippen molar-refractivity contribution in [2.75, 3.05) is 0 Å². The molecule has 1 aromatic heterocycles. The van der Waals surface area contributed by atoms with Crippen LogP contribution >= 0.6 is 0 Å². The average Bonchev–Trinajstić information content (AvgIpc) is 3.03. The largest absolute Gasteiger partial charge is 0.478 e. The van der Waals surface area contributed by atoms with E-state index in [1.165, 1.54) is 0 Å². The lowest BCUT2D eigenvalue weighted by Crippen LogP contribution is -2.30. The summed E-state index contributed by atoms with van der Waals surface area (Å²) in [6, 6.07) is 5.27. The van der Waals surface area contributed by atoms with Crippen molar-refractivity contribution in [2.45, 2.75) is 38.8 Å². The summed E-state index contributed by atoms with van der Waals surface area (Å²) >= 11 is 0. The smallest absolute Gasteiger partial charge is 0.337 e. The van der Waals surface area contributed by atoms with E-state index in [2.05, 4.69) is 10.3 Å². The number of para-hydroxylation sites is 1. The lowest BCUT2D eigenvalue weighted by Gasteiger charge is -2.14. The van der Waals surface area contributed by atoms with E-state index in [-0.39, 0.29) is 17.5 Å². The van der Waals surface area contributed by atoms with Crippen LogP contribution in [0, 0.1) is 0 Å². The van der Waals surface area contributed by atoms with Crippen LogP contribution in [-0.2, 0) is 17.8 Å². The van der Waals surface area contributed by atoms with Gasteiger partial charge in [0.1, 0.15) is 11.3 Å². The molecule has 1 aromatic carbocycles. The van der Waals surface area contributed by atoms with Crippen molar-refractivity contribution in [1.29, 1.82) is 0 Å². The van der Waals surface area contributed by atoms with Crippen LogP contribution in [0.25, 0.3) is 11.0 Å². The Hall–Kier alpha value is -2.37. The average molecular weight is 287 g/mol.